The van der Waals surface area contributed by atoms with Crippen molar-refractivity contribution >= 4 is 23.1 Å². The van der Waals surface area contributed by atoms with Crippen molar-refractivity contribution in [1.29, 1.82) is 0 Å². The van der Waals surface area contributed by atoms with Gasteiger partial charge in [-0.3, -0.25) is 0 Å². The van der Waals surface area contributed by atoms with Gasteiger partial charge in [0.05, 0.1) is 0 Å². The molecular weight excluding hydrogens is 380 g/mol. The van der Waals surface area contributed by atoms with E-state index in [1.807, 2.05) is 12.4 Å². The van der Waals surface area contributed by atoms with E-state index in [9.17, 15) is 0 Å². The maximum atomic E-state index is 5.96. The molecule has 0 bridgehead atoms. The summed E-state index contributed by atoms with van der Waals surface area (Å²) in [5.74, 6) is 0.992. The number of thioether (sulfide) groups is 1. The second-order valence-corrected chi connectivity index (χ2v) is 9.95. The minimum atomic E-state index is -0.0972. The third-order valence-corrected chi connectivity index (χ3v) is 6.34. The van der Waals surface area contributed by atoms with Gasteiger partial charge < -0.3 is 25.6 Å². The summed E-state index contributed by atoms with van der Waals surface area (Å²) < 4.78 is 5.96. The second-order valence-electron chi connectivity index (χ2n) is 8.77. The van der Waals surface area contributed by atoms with Crippen molar-refractivity contribution in [1.82, 2.24) is 10.6 Å². The fourth-order valence-corrected chi connectivity index (χ4v) is 4.52. The van der Waals surface area contributed by atoms with Gasteiger partial charge in [-0.05, 0) is 55.7 Å². The van der Waals surface area contributed by atoms with Gasteiger partial charge in [0.15, 0.2) is 6.23 Å². The lowest BCUT2D eigenvalue weighted by Gasteiger charge is -2.29. The highest BCUT2D eigenvalue weighted by molar-refractivity contribution is 8.04. The molecule has 3 aliphatic rings. The van der Waals surface area contributed by atoms with E-state index in [0.717, 1.165) is 11.4 Å². The van der Waals surface area contributed by atoms with E-state index in [4.69, 9.17) is 4.74 Å². The van der Waals surface area contributed by atoms with E-state index < -0.39 is 0 Å². The van der Waals surface area contributed by atoms with Gasteiger partial charge in [-0.2, -0.15) is 0 Å². The van der Waals surface area contributed by atoms with Gasteiger partial charge in [0.2, 0.25) is 0 Å². The number of ether oxygens (including phenoxy) is 1. The van der Waals surface area contributed by atoms with Crippen LogP contribution in [0.3, 0.4) is 0 Å². The summed E-state index contributed by atoms with van der Waals surface area (Å²) in [5, 5.41) is 10.2. The van der Waals surface area contributed by atoms with Crippen molar-refractivity contribution < 1.29 is 4.74 Å². The van der Waals surface area contributed by atoms with Crippen LogP contribution < -0.4 is 20.9 Å². The van der Waals surface area contributed by atoms with Crippen LogP contribution >= 0.6 is 11.8 Å². The monoisotopic (exact) mass is 412 g/mol. The Hall–Kier alpha value is -2.21. The summed E-state index contributed by atoms with van der Waals surface area (Å²) in [6.07, 6.45) is 12.1. The number of nitrogens with one attached hydrogen (secondary N) is 3. The van der Waals surface area contributed by atoms with Crippen LogP contribution in [-0.2, 0) is 4.74 Å². The first-order valence-electron chi connectivity index (χ1n) is 10.5. The molecule has 6 heteroatoms. The van der Waals surface area contributed by atoms with Crippen molar-refractivity contribution in [2.24, 2.45) is 5.41 Å². The van der Waals surface area contributed by atoms with Crippen LogP contribution in [0.5, 0.6) is 0 Å². The summed E-state index contributed by atoms with van der Waals surface area (Å²) >= 11 is 1.77. The molecule has 3 heterocycles. The lowest BCUT2D eigenvalue weighted by Crippen LogP contribution is -2.29. The summed E-state index contributed by atoms with van der Waals surface area (Å²) in [4.78, 5) is 3.67. The van der Waals surface area contributed by atoms with Crippen molar-refractivity contribution in [3.63, 3.8) is 0 Å². The molecular formula is C23H32N4OS. The first-order valence-corrected chi connectivity index (χ1v) is 11.4. The van der Waals surface area contributed by atoms with E-state index in [-0.39, 0.29) is 17.1 Å². The van der Waals surface area contributed by atoms with E-state index in [2.05, 4.69) is 78.0 Å². The molecule has 0 aliphatic carbocycles. The molecule has 1 aromatic carbocycles. The minimum Gasteiger partial charge on any atom is -0.469 e. The highest BCUT2D eigenvalue weighted by atomic mass is 32.2. The van der Waals surface area contributed by atoms with E-state index in [1.165, 1.54) is 42.9 Å². The topological polar surface area (TPSA) is 48.6 Å². The molecule has 0 amide bonds. The average Bonchev–Trinajstić information content (AvgIpc) is 3.37. The smallest absolute Gasteiger partial charge is 0.189 e. The third-order valence-electron chi connectivity index (χ3n) is 5.32. The number of rotatable bonds is 5. The molecule has 0 aromatic heterocycles. The maximum Gasteiger partial charge on any atom is 0.189 e. The summed E-state index contributed by atoms with van der Waals surface area (Å²) in [7, 11) is 0. The Kier molecular flexibility index (Phi) is 5.99. The quantitative estimate of drug-likeness (QED) is 0.637. The van der Waals surface area contributed by atoms with Gasteiger partial charge in [-0.15, -0.1) is 0 Å². The zero-order valence-electron chi connectivity index (χ0n) is 17.6. The summed E-state index contributed by atoms with van der Waals surface area (Å²) in [6, 6.07) is 8.81. The molecule has 1 aromatic rings. The molecule has 5 nitrogen and oxygen atoms in total. The first-order chi connectivity index (χ1) is 14.0. The Morgan fingerprint density at radius 3 is 2.52 bits per heavy atom. The van der Waals surface area contributed by atoms with Crippen LogP contribution in [0, 0.1) is 5.41 Å². The van der Waals surface area contributed by atoms with Crippen molar-refractivity contribution in [3.8, 4) is 0 Å². The van der Waals surface area contributed by atoms with Gasteiger partial charge in [0, 0.05) is 47.2 Å². The van der Waals surface area contributed by atoms with E-state index >= 15 is 0 Å². The molecule has 29 heavy (non-hydrogen) atoms. The highest BCUT2D eigenvalue weighted by Crippen LogP contribution is 2.31. The average molecular weight is 413 g/mol. The Balaban J connectivity index is 1.24. The molecule has 3 N–H and O–H groups in total. The van der Waals surface area contributed by atoms with Crippen molar-refractivity contribution in [3.05, 3.63) is 59.5 Å². The van der Waals surface area contributed by atoms with Crippen molar-refractivity contribution in [2.45, 2.75) is 51.8 Å². The molecule has 0 spiro atoms. The molecule has 0 saturated carbocycles. The number of nitrogens with zero attached hydrogens (tertiary/aromatic N) is 1. The summed E-state index contributed by atoms with van der Waals surface area (Å²) in [6.45, 7) is 8.82. The van der Waals surface area contributed by atoms with Crippen LogP contribution in [0.25, 0.3) is 0 Å². The maximum absolute atomic E-state index is 5.96. The largest absolute Gasteiger partial charge is 0.469 e. The number of anilines is 2. The van der Waals surface area contributed by atoms with E-state index in [1.54, 1.807) is 11.8 Å². The molecule has 2 atom stereocenters. The SMILES string of the molecule is CC(C)(C)C1=CNC(/C=C/C2=CNC(Nc3ccc(N4CCCCC4)cc3)S2)O1. The van der Waals surface area contributed by atoms with Crippen LogP contribution in [0.2, 0.25) is 0 Å². The Bertz CT molecular complexity index is 788. The number of hydrogen-bond acceptors (Lipinski definition) is 6. The predicted octanol–water partition coefficient (Wildman–Crippen LogP) is 4.94. The molecule has 2 unspecified atom stereocenters. The van der Waals surface area contributed by atoms with Gasteiger partial charge in [0.25, 0.3) is 0 Å². The first kappa shape index (κ1) is 20.1. The molecule has 156 valence electrons. The van der Waals surface area contributed by atoms with Crippen molar-refractivity contribution in [2.75, 3.05) is 23.3 Å². The predicted molar refractivity (Wildman–Crippen MR) is 123 cm³/mol. The molecule has 1 fully saturated rings. The zero-order chi connectivity index (χ0) is 20.3. The Morgan fingerprint density at radius 1 is 1.07 bits per heavy atom. The van der Waals surface area contributed by atoms with Crippen LogP contribution in [0.15, 0.2) is 59.5 Å². The highest BCUT2D eigenvalue weighted by Gasteiger charge is 2.25. The summed E-state index contributed by atoms with van der Waals surface area (Å²) in [5.41, 5.74) is 2.62. The van der Waals surface area contributed by atoms with Gasteiger partial charge >= 0.3 is 0 Å². The van der Waals surface area contributed by atoms with Gasteiger partial charge in [-0.1, -0.05) is 32.5 Å². The van der Waals surface area contributed by atoms with E-state index in [0.29, 0.717) is 0 Å². The third kappa shape index (κ3) is 5.24. The lowest BCUT2D eigenvalue weighted by molar-refractivity contribution is 0.123. The fraction of sp³-hybridized carbons (Fsp3) is 0.478. The fourth-order valence-electron chi connectivity index (χ4n) is 3.63. The zero-order valence-corrected chi connectivity index (χ0v) is 18.4. The molecule has 4 rings (SSSR count). The molecule has 1 saturated heterocycles. The van der Waals surface area contributed by atoms with Crippen LogP contribution in [0.4, 0.5) is 11.4 Å². The second kappa shape index (κ2) is 8.66. The van der Waals surface area contributed by atoms with Gasteiger partial charge in [0.1, 0.15) is 11.3 Å². The lowest BCUT2D eigenvalue weighted by atomic mass is 9.95. The number of benzene rings is 1. The normalized spacial score (nSPS) is 24.6. The van der Waals surface area contributed by atoms with Crippen LogP contribution in [-0.4, -0.2) is 24.8 Å². The number of piperidine rings is 1. The molecule has 3 aliphatic heterocycles. The minimum absolute atomic E-state index is 0.0249. The van der Waals surface area contributed by atoms with Crippen LogP contribution in [0.1, 0.15) is 40.0 Å². The van der Waals surface area contributed by atoms with Gasteiger partial charge in [-0.25, -0.2) is 0 Å². The Labute approximate surface area is 178 Å². The number of allylic oxidation sites excluding steroid dienone is 2. The standard InChI is InChI=1S/C23H32N4OS/c1-23(2,3)20-16-24-21(28-20)12-11-19-15-25-22(29-19)26-17-7-9-18(10-8-17)27-13-5-4-6-14-27/h7-12,15-16,21-22,24-26H,4-6,13-14H2,1-3H3/b12-11+. The number of hydrogen-bond donors (Lipinski definition) is 3. The molecule has 0 radical (unpaired) electrons. The Morgan fingerprint density at radius 2 is 1.83 bits per heavy atom.